The quantitative estimate of drug-likeness (QED) is 0.426. The van der Waals surface area contributed by atoms with E-state index in [0.29, 0.717) is 5.02 Å². The SMILES string of the molecule is CN(C)c1ccc(/C=N/NC2(c3cccc4ccccc34)C=CC=CC2)c(Cl)c1. The van der Waals surface area contributed by atoms with Crippen LogP contribution in [0.4, 0.5) is 5.69 Å². The van der Waals surface area contributed by atoms with Crippen LogP contribution in [-0.4, -0.2) is 20.3 Å². The molecule has 4 rings (SSSR count). The van der Waals surface area contributed by atoms with Gasteiger partial charge in [0.1, 0.15) is 5.54 Å². The molecule has 0 heterocycles. The number of hydrogen-bond acceptors (Lipinski definition) is 3. The number of halogens is 1. The fourth-order valence-corrected chi connectivity index (χ4v) is 3.92. The Morgan fingerprint density at radius 2 is 1.86 bits per heavy atom. The van der Waals surface area contributed by atoms with Gasteiger partial charge < -0.3 is 4.90 Å². The lowest BCUT2D eigenvalue weighted by Crippen LogP contribution is -2.38. The van der Waals surface area contributed by atoms with Gasteiger partial charge in [0.05, 0.1) is 11.2 Å². The van der Waals surface area contributed by atoms with Crippen molar-refractivity contribution < 1.29 is 0 Å². The third-order valence-corrected chi connectivity index (χ3v) is 5.63. The third kappa shape index (κ3) is 3.92. The molecule has 0 fully saturated rings. The Bertz CT molecular complexity index is 1110. The number of allylic oxidation sites excluding steroid dienone is 2. The molecular formula is C25H24ClN3. The van der Waals surface area contributed by atoms with Crippen LogP contribution >= 0.6 is 11.6 Å². The molecular weight excluding hydrogens is 378 g/mol. The van der Waals surface area contributed by atoms with Gasteiger partial charge in [-0.15, -0.1) is 0 Å². The van der Waals surface area contributed by atoms with E-state index < -0.39 is 5.54 Å². The average molecular weight is 402 g/mol. The van der Waals surface area contributed by atoms with E-state index in [2.05, 4.69) is 77.3 Å². The molecule has 3 aromatic carbocycles. The van der Waals surface area contributed by atoms with Gasteiger partial charge in [-0.05, 0) is 41.0 Å². The highest BCUT2D eigenvalue weighted by Crippen LogP contribution is 2.35. The molecule has 1 aliphatic carbocycles. The normalized spacial score (nSPS) is 18.4. The van der Waals surface area contributed by atoms with Crippen molar-refractivity contribution in [1.29, 1.82) is 0 Å². The number of benzene rings is 3. The van der Waals surface area contributed by atoms with Crippen molar-refractivity contribution in [2.24, 2.45) is 5.10 Å². The van der Waals surface area contributed by atoms with Gasteiger partial charge >= 0.3 is 0 Å². The van der Waals surface area contributed by atoms with E-state index >= 15 is 0 Å². The van der Waals surface area contributed by atoms with Gasteiger partial charge in [-0.1, -0.05) is 78.4 Å². The number of nitrogens with zero attached hydrogens (tertiary/aromatic N) is 2. The molecule has 4 heteroatoms. The summed E-state index contributed by atoms with van der Waals surface area (Å²) in [5.74, 6) is 0. The number of nitrogens with one attached hydrogen (secondary N) is 1. The van der Waals surface area contributed by atoms with Crippen LogP contribution in [0, 0.1) is 0 Å². The van der Waals surface area contributed by atoms with Crippen LogP contribution in [0.2, 0.25) is 5.02 Å². The van der Waals surface area contributed by atoms with E-state index in [1.807, 2.05) is 37.2 Å². The van der Waals surface area contributed by atoms with Crippen molar-refractivity contribution in [3.8, 4) is 0 Å². The van der Waals surface area contributed by atoms with Crippen LogP contribution in [-0.2, 0) is 5.54 Å². The van der Waals surface area contributed by atoms with Crippen molar-refractivity contribution in [3.63, 3.8) is 0 Å². The molecule has 0 spiro atoms. The molecule has 1 atom stereocenters. The van der Waals surface area contributed by atoms with Crippen molar-refractivity contribution in [2.45, 2.75) is 12.0 Å². The number of hydrogen-bond donors (Lipinski definition) is 1. The summed E-state index contributed by atoms with van der Waals surface area (Å²) in [5, 5.41) is 7.73. The second kappa shape index (κ2) is 8.14. The number of anilines is 1. The minimum Gasteiger partial charge on any atom is -0.378 e. The van der Waals surface area contributed by atoms with Crippen LogP contribution in [0.15, 0.2) is 90.1 Å². The van der Waals surface area contributed by atoms with E-state index in [0.717, 1.165) is 17.7 Å². The summed E-state index contributed by atoms with van der Waals surface area (Å²) in [7, 11) is 4.00. The lowest BCUT2D eigenvalue weighted by molar-refractivity contribution is 0.435. The lowest BCUT2D eigenvalue weighted by atomic mass is 9.82. The molecule has 1 aliphatic rings. The van der Waals surface area contributed by atoms with Crippen molar-refractivity contribution >= 4 is 34.3 Å². The van der Waals surface area contributed by atoms with Crippen molar-refractivity contribution in [2.75, 3.05) is 19.0 Å². The number of rotatable bonds is 5. The summed E-state index contributed by atoms with van der Waals surface area (Å²) in [6.07, 6.45) is 11.1. The minimum absolute atomic E-state index is 0.401. The van der Waals surface area contributed by atoms with E-state index in [1.54, 1.807) is 6.21 Å². The predicted octanol–water partition coefficient (Wildman–Crippen LogP) is 5.89. The molecule has 1 N–H and O–H groups in total. The Hall–Kier alpha value is -3.04. The molecule has 1 unspecified atom stereocenters. The Morgan fingerprint density at radius 1 is 1.03 bits per heavy atom. The topological polar surface area (TPSA) is 27.6 Å². The first-order valence-electron chi connectivity index (χ1n) is 9.69. The fourth-order valence-electron chi connectivity index (χ4n) is 3.69. The summed E-state index contributed by atoms with van der Waals surface area (Å²) in [5.41, 5.74) is 6.17. The zero-order chi connectivity index (χ0) is 20.3. The van der Waals surface area contributed by atoms with Crippen LogP contribution < -0.4 is 10.3 Å². The van der Waals surface area contributed by atoms with Gasteiger partial charge in [-0.25, -0.2) is 0 Å². The molecule has 0 saturated heterocycles. The largest absolute Gasteiger partial charge is 0.378 e. The minimum atomic E-state index is -0.401. The highest BCUT2D eigenvalue weighted by Gasteiger charge is 2.30. The second-order valence-corrected chi connectivity index (χ2v) is 7.87. The Morgan fingerprint density at radius 3 is 2.62 bits per heavy atom. The summed E-state index contributed by atoms with van der Waals surface area (Å²) in [6, 6.07) is 20.9. The summed E-state index contributed by atoms with van der Waals surface area (Å²) < 4.78 is 0. The lowest BCUT2D eigenvalue weighted by Gasteiger charge is -2.32. The van der Waals surface area contributed by atoms with E-state index in [-0.39, 0.29) is 0 Å². The van der Waals surface area contributed by atoms with Gasteiger partial charge in [0.25, 0.3) is 0 Å². The molecule has 3 aromatic rings. The number of hydrazone groups is 1. The van der Waals surface area contributed by atoms with Gasteiger partial charge in [0, 0.05) is 25.3 Å². The maximum absolute atomic E-state index is 6.45. The second-order valence-electron chi connectivity index (χ2n) is 7.46. The summed E-state index contributed by atoms with van der Waals surface area (Å²) >= 11 is 6.45. The van der Waals surface area contributed by atoms with E-state index in [1.165, 1.54) is 16.3 Å². The van der Waals surface area contributed by atoms with Gasteiger partial charge in [-0.3, -0.25) is 5.43 Å². The highest BCUT2D eigenvalue weighted by atomic mass is 35.5. The molecule has 0 amide bonds. The highest BCUT2D eigenvalue weighted by molar-refractivity contribution is 6.33. The maximum atomic E-state index is 6.45. The molecule has 0 radical (unpaired) electrons. The van der Waals surface area contributed by atoms with Gasteiger partial charge in [0.15, 0.2) is 0 Å². The molecule has 3 nitrogen and oxygen atoms in total. The van der Waals surface area contributed by atoms with Crippen LogP contribution in [0.1, 0.15) is 17.5 Å². The van der Waals surface area contributed by atoms with Gasteiger partial charge in [-0.2, -0.15) is 5.10 Å². The van der Waals surface area contributed by atoms with Gasteiger partial charge in [0.2, 0.25) is 0 Å². The first-order chi connectivity index (χ1) is 14.1. The molecule has 146 valence electrons. The molecule has 0 saturated carbocycles. The van der Waals surface area contributed by atoms with Crippen molar-refractivity contribution in [1.82, 2.24) is 5.43 Å². The van der Waals surface area contributed by atoms with E-state index in [9.17, 15) is 0 Å². The van der Waals surface area contributed by atoms with Crippen molar-refractivity contribution in [3.05, 3.63) is 101 Å². The number of fused-ring (bicyclic) bond motifs is 1. The maximum Gasteiger partial charge on any atom is 0.102 e. The van der Waals surface area contributed by atoms with E-state index in [4.69, 9.17) is 11.6 Å². The first-order valence-corrected chi connectivity index (χ1v) is 10.1. The molecule has 0 bridgehead atoms. The first kappa shape index (κ1) is 19.3. The molecule has 29 heavy (non-hydrogen) atoms. The Kier molecular flexibility index (Phi) is 5.41. The zero-order valence-corrected chi connectivity index (χ0v) is 17.4. The molecule has 0 aliphatic heterocycles. The fraction of sp³-hybridized carbons (Fsp3) is 0.160. The smallest absolute Gasteiger partial charge is 0.102 e. The van der Waals surface area contributed by atoms with Crippen LogP contribution in [0.3, 0.4) is 0 Å². The zero-order valence-electron chi connectivity index (χ0n) is 16.6. The standard InChI is InChI=1S/C25H24ClN3/c1-29(2)21-14-13-20(24(26)17-21)18-27-28-25(15-6-3-7-16-25)23-12-8-10-19-9-4-5-11-22(19)23/h3-15,17-18,28H,16H2,1-2H3/b27-18+. The third-order valence-electron chi connectivity index (χ3n) is 5.31. The predicted molar refractivity (Wildman–Crippen MR) is 125 cm³/mol. The Labute approximate surface area is 177 Å². The average Bonchev–Trinajstić information content (AvgIpc) is 2.75. The van der Waals surface area contributed by atoms with Crippen LogP contribution in [0.5, 0.6) is 0 Å². The summed E-state index contributed by atoms with van der Waals surface area (Å²) in [4.78, 5) is 2.03. The summed E-state index contributed by atoms with van der Waals surface area (Å²) in [6.45, 7) is 0. The van der Waals surface area contributed by atoms with Crippen LogP contribution in [0.25, 0.3) is 10.8 Å². The molecule has 0 aromatic heterocycles. The Balaban J connectivity index is 1.67. The monoisotopic (exact) mass is 401 g/mol.